The van der Waals surface area contributed by atoms with Crippen molar-refractivity contribution in [2.24, 2.45) is 0 Å². The van der Waals surface area contributed by atoms with Crippen LogP contribution in [-0.4, -0.2) is 65.7 Å². The van der Waals surface area contributed by atoms with Crippen LogP contribution in [0.4, 0.5) is 0 Å². The average molecular weight is 665 g/mol. The van der Waals surface area contributed by atoms with Gasteiger partial charge in [-0.1, -0.05) is 116 Å². The molecule has 0 saturated heterocycles. The van der Waals surface area contributed by atoms with Gasteiger partial charge in [-0.15, -0.1) is 0 Å². The van der Waals surface area contributed by atoms with Crippen molar-refractivity contribution in [1.29, 1.82) is 0 Å². The third-order valence-electron chi connectivity index (χ3n) is 7.42. The van der Waals surface area contributed by atoms with E-state index < -0.39 is 51.8 Å². The number of hydrogen-bond acceptors (Lipinski definition) is 9. The molecule has 0 aromatic rings. The number of hydrogen-bond donors (Lipinski definition) is 3. The SMILES string of the molecule is CCCCC/C=C\CCCCCCCC(=O)OC[C@H](COP(=O)(O)OC[C@@H](O)CO)OC(=O)CCCCCCCCCCCC. The lowest BCUT2D eigenvalue weighted by molar-refractivity contribution is -0.161. The first-order chi connectivity index (χ1) is 21.7. The molecule has 0 spiro atoms. The van der Waals surface area contributed by atoms with Gasteiger partial charge in [-0.25, -0.2) is 4.57 Å². The summed E-state index contributed by atoms with van der Waals surface area (Å²) in [7, 11) is -4.60. The molecule has 0 rings (SSSR count). The van der Waals surface area contributed by atoms with E-state index in [1.54, 1.807) is 0 Å². The molecule has 0 bridgehead atoms. The predicted octanol–water partition coefficient (Wildman–Crippen LogP) is 8.11. The standard InChI is InChI=1S/C34H65O10P/c1-3-5-7-9-11-13-15-16-18-19-21-23-25-33(37)41-29-32(30-43-45(39,40)42-28-31(36)27-35)44-34(38)26-24-22-20-17-14-12-10-8-6-4-2/h11,13,31-32,35-36H,3-10,12,14-30H2,1-2H3,(H,39,40)/b13-11-/t31-,32+/m0/s1. The second-order valence-electron chi connectivity index (χ2n) is 11.9. The molecule has 0 aromatic heterocycles. The zero-order valence-electron chi connectivity index (χ0n) is 28.3. The fourth-order valence-electron chi connectivity index (χ4n) is 4.63. The lowest BCUT2D eigenvalue weighted by Gasteiger charge is -2.20. The summed E-state index contributed by atoms with van der Waals surface area (Å²) < 4.78 is 32.4. The molecular formula is C34H65O10P. The van der Waals surface area contributed by atoms with E-state index >= 15 is 0 Å². The molecule has 266 valence electrons. The summed E-state index contributed by atoms with van der Waals surface area (Å²) in [5.74, 6) is -0.935. The van der Waals surface area contributed by atoms with Crippen molar-refractivity contribution >= 4 is 19.8 Å². The molecule has 0 saturated carbocycles. The van der Waals surface area contributed by atoms with Crippen LogP contribution in [0.2, 0.25) is 0 Å². The Hall–Kier alpha value is -1.29. The Balaban J connectivity index is 4.42. The van der Waals surface area contributed by atoms with Gasteiger partial charge in [0.1, 0.15) is 12.7 Å². The van der Waals surface area contributed by atoms with Gasteiger partial charge in [0.2, 0.25) is 0 Å². The second kappa shape index (κ2) is 31.3. The number of carbonyl (C=O) groups excluding carboxylic acids is 2. The molecule has 0 aliphatic carbocycles. The maximum Gasteiger partial charge on any atom is 0.472 e. The molecule has 0 aliphatic rings. The highest BCUT2D eigenvalue weighted by atomic mass is 31.2. The van der Waals surface area contributed by atoms with Crippen molar-refractivity contribution < 1.29 is 47.8 Å². The molecule has 0 radical (unpaired) electrons. The number of unbranched alkanes of at least 4 members (excludes halogenated alkanes) is 17. The number of allylic oxidation sites excluding steroid dienone is 2. The zero-order chi connectivity index (χ0) is 33.4. The minimum Gasteiger partial charge on any atom is -0.462 e. The van der Waals surface area contributed by atoms with Crippen LogP contribution < -0.4 is 0 Å². The Labute approximate surface area is 273 Å². The zero-order valence-corrected chi connectivity index (χ0v) is 29.2. The number of esters is 2. The number of rotatable bonds is 33. The van der Waals surface area contributed by atoms with Gasteiger partial charge in [0, 0.05) is 12.8 Å². The Morgan fingerprint density at radius 2 is 1.09 bits per heavy atom. The monoisotopic (exact) mass is 664 g/mol. The Kier molecular flexibility index (Phi) is 30.4. The summed E-state index contributed by atoms with van der Waals surface area (Å²) in [5.41, 5.74) is 0. The van der Waals surface area contributed by atoms with Gasteiger partial charge in [0.05, 0.1) is 19.8 Å². The molecular weight excluding hydrogens is 599 g/mol. The number of aliphatic hydroxyl groups is 2. The molecule has 3 N–H and O–H groups in total. The molecule has 0 aromatic carbocycles. The summed E-state index contributed by atoms with van der Waals surface area (Å²) in [6, 6.07) is 0. The van der Waals surface area contributed by atoms with Gasteiger partial charge in [-0.2, -0.15) is 0 Å². The Morgan fingerprint density at radius 1 is 0.644 bits per heavy atom. The quantitative estimate of drug-likeness (QED) is 0.0272. The fourth-order valence-corrected chi connectivity index (χ4v) is 5.42. The van der Waals surface area contributed by atoms with E-state index in [2.05, 4.69) is 30.5 Å². The molecule has 0 amide bonds. The minimum atomic E-state index is -4.60. The molecule has 0 fully saturated rings. The summed E-state index contributed by atoms with van der Waals surface area (Å²) in [6.07, 6.45) is 24.8. The van der Waals surface area contributed by atoms with Gasteiger partial charge >= 0.3 is 19.8 Å². The van der Waals surface area contributed by atoms with Crippen LogP contribution in [0.3, 0.4) is 0 Å². The van der Waals surface area contributed by atoms with Crippen molar-refractivity contribution in [1.82, 2.24) is 0 Å². The molecule has 10 nitrogen and oxygen atoms in total. The van der Waals surface area contributed by atoms with Gasteiger partial charge in [-0.05, 0) is 38.5 Å². The predicted molar refractivity (Wildman–Crippen MR) is 178 cm³/mol. The summed E-state index contributed by atoms with van der Waals surface area (Å²) in [4.78, 5) is 34.6. The Bertz CT molecular complexity index is 776. The normalized spacial score (nSPS) is 14.3. The topological polar surface area (TPSA) is 149 Å². The fraction of sp³-hybridized carbons (Fsp3) is 0.882. The van der Waals surface area contributed by atoms with Gasteiger partial charge in [-0.3, -0.25) is 18.6 Å². The number of phosphoric acid groups is 1. The van der Waals surface area contributed by atoms with Crippen LogP contribution >= 0.6 is 7.82 Å². The lowest BCUT2D eigenvalue weighted by Crippen LogP contribution is -2.29. The third-order valence-corrected chi connectivity index (χ3v) is 8.37. The van der Waals surface area contributed by atoms with Crippen LogP contribution in [0.15, 0.2) is 12.2 Å². The molecule has 45 heavy (non-hydrogen) atoms. The van der Waals surface area contributed by atoms with E-state index in [9.17, 15) is 24.2 Å². The number of phosphoric ester groups is 1. The lowest BCUT2D eigenvalue weighted by atomic mass is 10.1. The van der Waals surface area contributed by atoms with Crippen LogP contribution in [0.1, 0.15) is 155 Å². The number of aliphatic hydroxyl groups excluding tert-OH is 2. The molecule has 11 heteroatoms. The molecule has 0 aliphatic heterocycles. The van der Waals surface area contributed by atoms with Crippen molar-refractivity contribution in [3.05, 3.63) is 12.2 Å². The largest absolute Gasteiger partial charge is 0.472 e. The van der Waals surface area contributed by atoms with Gasteiger partial charge < -0.3 is 24.6 Å². The summed E-state index contributed by atoms with van der Waals surface area (Å²) >= 11 is 0. The van der Waals surface area contributed by atoms with E-state index in [4.69, 9.17) is 19.1 Å². The first-order valence-electron chi connectivity index (χ1n) is 17.6. The Morgan fingerprint density at radius 3 is 1.64 bits per heavy atom. The van der Waals surface area contributed by atoms with E-state index in [0.717, 1.165) is 57.8 Å². The molecule has 0 heterocycles. The second-order valence-corrected chi connectivity index (χ2v) is 13.4. The smallest absolute Gasteiger partial charge is 0.462 e. The van der Waals surface area contributed by atoms with Gasteiger partial charge in [0.25, 0.3) is 0 Å². The molecule has 3 atom stereocenters. The van der Waals surface area contributed by atoms with Crippen molar-refractivity contribution in [2.75, 3.05) is 26.4 Å². The van der Waals surface area contributed by atoms with Crippen LogP contribution in [0, 0.1) is 0 Å². The maximum atomic E-state index is 12.5. The number of ether oxygens (including phenoxy) is 2. The van der Waals surface area contributed by atoms with Crippen LogP contribution in [-0.2, 0) is 32.7 Å². The van der Waals surface area contributed by atoms with Crippen LogP contribution in [0.25, 0.3) is 0 Å². The maximum absolute atomic E-state index is 12.5. The van der Waals surface area contributed by atoms with E-state index in [1.807, 2.05) is 0 Å². The summed E-state index contributed by atoms with van der Waals surface area (Å²) in [6.45, 7) is 2.31. The van der Waals surface area contributed by atoms with Crippen molar-refractivity contribution in [3.63, 3.8) is 0 Å². The van der Waals surface area contributed by atoms with E-state index in [1.165, 1.54) is 57.8 Å². The summed E-state index contributed by atoms with van der Waals surface area (Å²) in [5, 5.41) is 18.2. The number of carbonyl (C=O) groups is 2. The first kappa shape index (κ1) is 43.7. The highest BCUT2D eigenvalue weighted by molar-refractivity contribution is 7.47. The van der Waals surface area contributed by atoms with Gasteiger partial charge in [0.15, 0.2) is 6.10 Å². The highest BCUT2D eigenvalue weighted by Crippen LogP contribution is 2.43. The average Bonchev–Trinajstić information content (AvgIpc) is 3.02. The van der Waals surface area contributed by atoms with Crippen molar-refractivity contribution in [3.8, 4) is 0 Å². The minimum absolute atomic E-state index is 0.186. The van der Waals surface area contributed by atoms with E-state index in [-0.39, 0.29) is 19.4 Å². The van der Waals surface area contributed by atoms with E-state index in [0.29, 0.717) is 12.8 Å². The third kappa shape index (κ3) is 31.1. The molecule has 1 unspecified atom stereocenters. The highest BCUT2D eigenvalue weighted by Gasteiger charge is 2.27. The van der Waals surface area contributed by atoms with Crippen LogP contribution in [0.5, 0.6) is 0 Å². The van der Waals surface area contributed by atoms with Crippen molar-refractivity contribution in [2.45, 2.75) is 167 Å². The first-order valence-corrected chi connectivity index (χ1v) is 19.1.